The van der Waals surface area contributed by atoms with Crippen LogP contribution < -0.4 is 10.6 Å². The highest BCUT2D eigenvalue weighted by molar-refractivity contribution is 5.47. The van der Waals surface area contributed by atoms with E-state index in [-0.39, 0.29) is 0 Å². The minimum Gasteiger partial charge on any atom is -0.384 e. The number of anilines is 2. The fourth-order valence-corrected chi connectivity index (χ4v) is 2.08. The third kappa shape index (κ3) is 4.53. The first kappa shape index (κ1) is 14.8. The number of pyridine rings is 1. The van der Waals surface area contributed by atoms with E-state index in [0.717, 1.165) is 38.4 Å². The molecule has 0 saturated carbocycles. The Bertz CT molecular complexity index is 319. The Balaban J connectivity index is 2.44. The second-order valence-corrected chi connectivity index (χ2v) is 4.40. The molecule has 0 aliphatic carbocycles. The molecule has 0 bridgehead atoms. The van der Waals surface area contributed by atoms with Crippen LogP contribution in [0.2, 0.25) is 0 Å². The molecule has 4 nitrogen and oxygen atoms in total. The Morgan fingerprint density at radius 3 is 2.28 bits per heavy atom. The van der Waals surface area contributed by atoms with Crippen LogP contribution in [0.25, 0.3) is 0 Å². The maximum atomic E-state index is 5.61. The number of rotatable bonds is 8. The molecule has 1 heterocycles. The average Bonchev–Trinajstić information content (AvgIpc) is 2.41. The van der Waals surface area contributed by atoms with Crippen molar-refractivity contribution in [1.29, 1.82) is 0 Å². The topological polar surface area (TPSA) is 45.4 Å². The van der Waals surface area contributed by atoms with Crippen molar-refractivity contribution < 1.29 is 0 Å². The van der Waals surface area contributed by atoms with E-state index in [1.165, 1.54) is 6.42 Å². The summed E-state index contributed by atoms with van der Waals surface area (Å²) in [5, 5.41) is 0. The molecule has 0 aliphatic heterocycles. The molecule has 1 rings (SSSR count). The predicted molar refractivity (Wildman–Crippen MR) is 78.9 cm³/mol. The molecule has 2 N–H and O–H groups in total. The second-order valence-electron chi connectivity index (χ2n) is 4.40. The molecule has 0 saturated heterocycles. The van der Waals surface area contributed by atoms with E-state index in [2.05, 4.69) is 35.6 Å². The molecule has 0 aromatic carbocycles. The SMILES string of the molecule is CCN(CC)CCCN(CC)c1ccc(N)nc1. The zero-order valence-electron chi connectivity index (χ0n) is 11.9. The van der Waals surface area contributed by atoms with Gasteiger partial charge in [-0.2, -0.15) is 0 Å². The van der Waals surface area contributed by atoms with Crippen molar-refractivity contribution in [3.05, 3.63) is 18.3 Å². The third-order valence-electron chi connectivity index (χ3n) is 3.31. The maximum Gasteiger partial charge on any atom is 0.123 e. The first-order valence-corrected chi connectivity index (χ1v) is 6.90. The lowest BCUT2D eigenvalue weighted by atomic mass is 10.3. The summed E-state index contributed by atoms with van der Waals surface area (Å²) in [4.78, 5) is 8.95. The van der Waals surface area contributed by atoms with Gasteiger partial charge in [0, 0.05) is 13.1 Å². The normalized spacial score (nSPS) is 10.9. The van der Waals surface area contributed by atoms with Crippen LogP contribution in [0.5, 0.6) is 0 Å². The number of nitrogens with two attached hydrogens (primary N) is 1. The molecule has 0 amide bonds. The zero-order chi connectivity index (χ0) is 13.4. The Morgan fingerprint density at radius 1 is 1.06 bits per heavy atom. The lowest BCUT2D eigenvalue weighted by Crippen LogP contribution is -2.30. The average molecular weight is 250 g/mol. The first-order chi connectivity index (χ1) is 8.71. The summed E-state index contributed by atoms with van der Waals surface area (Å²) in [6, 6.07) is 3.91. The van der Waals surface area contributed by atoms with E-state index in [1.54, 1.807) is 0 Å². The first-order valence-electron chi connectivity index (χ1n) is 6.90. The molecule has 4 heteroatoms. The largest absolute Gasteiger partial charge is 0.384 e. The van der Waals surface area contributed by atoms with Gasteiger partial charge in [0.15, 0.2) is 0 Å². The summed E-state index contributed by atoms with van der Waals surface area (Å²) in [7, 11) is 0. The van der Waals surface area contributed by atoms with Crippen LogP contribution >= 0.6 is 0 Å². The van der Waals surface area contributed by atoms with E-state index in [9.17, 15) is 0 Å². The van der Waals surface area contributed by atoms with Crippen molar-refractivity contribution >= 4 is 11.5 Å². The van der Waals surface area contributed by atoms with Crippen molar-refractivity contribution in [1.82, 2.24) is 9.88 Å². The van der Waals surface area contributed by atoms with Gasteiger partial charge in [-0.1, -0.05) is 13.8 Å². The van der Waals surface area contributed by atoms with Crippen molar-refractivity contribution in [2.45, 2.75) is 27.2 Å². The van der Waals surface area contributed by atoms with Crippen molar-refractivity contribution in [2.24, 2.45) is 0 Å². The zero-order valence-corrected chi connectivity index (χ0v) is 11.9. The molecule has 0 fully saturated rings. The third-order valence-corrected chi connectivity index (χ3v) is 3.31. The van der Waals surface area contributed by atoms with Crippen molar-refractivity contribution in [3.63, 3.8) is 0 Å². The van der Waals surface area contributed by atoms with Gasteiger partial charge in [-0.15, -0.1) is 0 Å². The summed E-state index contributed by atoms with van der Waals surface area (Å²) < 4.78 is 0. The molecule has 1 aromatic rings. The van der Waals surface area contributed by atoms with E-state index in [4.69, 9.17) is 5.73 Å². The fourth-order valence-electron chi connectivity index (χ4n) is 2.08. The molecular weight excluding hydrogens is 224 g/mol. The molecule has 0 unspecified atom stereocenters. The van der Waals surface area contributed by atoms with Crippen molar-refractivity contribution in [2.75, 3.05) is 43.4 Å². The van der Waals surface area contributed by atoms with Gasteiger partial charge in [0.1, 0.15) is 5.82 Å². The Kier molecular flexibility index (Phi) is 6.50. The molecule has 102 valence electrons. The van der Waals surface area contributed by atoms with E-state index in [0.29, 0.717) is 5.82 Å². The maximum absolute atomic E-state index is 5.61. The van der Waals surface area contributed by atoms with Gasteiger partial charge < -0.3 is 15.5 Å². The Hall–Kier alpha value is -1.29. The highest BCUT2D eigenvalue weighted by atomic mass is 15.1. The Morgan fingerprint density at radius 2 is 1.78 bits per heavy atom. The lowest BCUT2D eigenvalue weighted by Gasteiger charge is -2.25. The molecule has 18 heavy (non-hydrogen) atoms. The van der Waals surface area contributed by atoms with Gasteiger partial charge >= 0.3 is 0 Å². The van der Waals surface area contributed by atoms with Gasteiger partial charge in [-0.25, -0.2) is 4.98 Å². The van der Waals surface area contributed by atoms with Crippen LogP contribution in [0.15, 0.2) is 18.3 Å². The number of nitrogens with zero attached hydrogens (tertiary/aromatic N) is 3. The molecule has 0 atom stereocenters. The van der Waals surface area contributed by atoms with Crippen LogP contribution in [0.4, 0.5) is 11.5 Å². The minimum absolute atomic E-state index is 0.581. The van der Waals surface area contributed by atoms with E-state index in [1.807, 2.05) is 18.3 Å². The minimum atomic E-state index is 0.581. The highest BCUT2D eigenvalue weighted by Crippen LogP contribution is 2.13. The van der Waals surface area contributed by atoms with Crippen LogP contribution in [0.1, 0.15) is 27.2 Å². The Labute approximate surface area is 111 Å². The summed E-state index contributed by atoms with van der Waals surface area (Å²) in [5.41, 5.74) is 6.77. The highest BCUT2D eigenvalue weighted by Gasteiger charge is 2.05. The summed E-state index contributed by atoms with van der Waals surface area (Å²) >= 11 is 0. The van der Waals surface area contributed by atoms with Gasteiger partial charge in [-0.05, 0) is 45.1 Å². The van der Waals surface area contributed by atoms with Crippen LogP contribution in [-0.2, 0) is 0 Å². The van der Waals surface area contributed by atoms with Crippen LogP contribution in [0.3, 0.4) is 0 Å². The number of hydrogen-bond acceptors (Lipinski definition) is 4. The van der Waals surface area contributed by atoms with E-state index >= 15 is 0 Å². The predicted octanol–water partition coefficient (Wildman–Crippen LogP) is 2.22. The smallest absolute Gasteiger partial charge is 0.123 e. The van der Waals surface area contributed by atoms with Gasteiger partial charge in [0.05, 0.1) is 11.9 Å². The molecule has 1 aromatic heterocycles. The number of aromatic nitrogens is 1. The summed E-state index contributed by atoms with van der Waals surface area (Å²) in [5.74, 6) is 0.581. The standard InChI is InChI=1S/C14H26N4/c1-4-17(5-2)10-7-11-18(6-3)13-8-9-14(15)16-12-13/h8-9,12H,4-7,10-11H2,1-3H3,(H2,15,16). The summed E-state index contributed by atoms with van der Waals surface area (Å²) in [6.45, 7) is 12.1. The quantitative estimate of drug-likeness (QED) is 0.768. The monoisotopic (exact) mass is 250 g/mol. The number of nitrogen functional groups attached to an aromatic ring is 1. The van der Waals surface area contributed by atoms with Gasteiger partial charge in [-0.3, -0.25) is 0 Å². The van der Waals surface area contributed by atoms with Crippen molar-refractivity contribution in [3.8, 4) is 0 Å². The molecule has 0 spiro atoms. The fraction of sp³-hybridized carbons (Fsp3) is 0.643. The summed E-state index contributed by atoms with van der Waals surface area (Å²) in [6.07, 6.45) is 3.04. The number of hydrogen-bond donors (Lipinski definition) is 1. The van der Waals surface area contributed by atoms with Crippen LogP contribution in [-0.4, -0.2) is 42.6 Å². The molecule has 0 radical (unpaired) electrons. The van der Waals surface area contributed by atoms with Crippen LogP contribution in [0, 0.1) is 0 Å². The van der Waals surface area contributed by atoms with Gasteiger partial charge in [0.2, 0.25) is 0 Å². The van der Waals surface area contributed by atoms with Gasteiger partial charge in [0.25, 0.3) is 0 Å². The molecular formula is C14H26N4. The lowest BCUT2D eigenvalue weighted by molar-refractivity contribution is 0.301. The van der Waals surface area contributed by atoms with E-state index < -0.39 is 0 Å². The molecule has 0 aliphatic rings. The second kappa shape index (κ2) is 7.93.